The van der Waals surface area contributed by atoms with E-state index in [0.717, 1.165) is 5.56 Å². The van der Waals surface area contributed by atoms with Crippen LogP contribution in [0.1, 0.15) is 26.3 Å². The number of benzene rings is 2. The van der Waals surface area contributed by atoms with Gasteiger partial charge in [-0.05, 0) is 29.8 Å². The summed E-state index contributed by atoms with van der Waals surface area (Å²) in [7, 11) is 3.34. The average molecular weight is 429 g/mol. The quantitative estimate of drug-likeness (QED) is 0.650. The summed E-state index contributed by atoms with van der Waals surface area (Å²) >= 11 is 0. The molecule has 1 aromatic heterocycles. The molecule has 1 aliphatic heterocycles. The van der Waals surface area contributed by atoms with Crippen LogP contribution in [0.2, 0.25) is 0 Å². The molecule has 0 spiro atoms. The van der Waals surface area contributed by atoms with E-state index in [2.05, 4.69) is 15.6 Å². The third-order valence-electron chi connectivity index (χ3n) is 5.09. The Balaban J connectivity index is 1.58. The van der Waals surface area contributed by atoms with Crippen LogP contribution in [0.5, 0.6) is 0 Å². The Hall–Kier alpha value is -4.20. The molecule has 3 aromatic rings. The number of carbonyl (C=O) groups is 3. The van der Waals surface area contributed by atoms with Crippen LogP contribution in [0, 0.1) is 0 Å². The molecular formula is C24H23N5O3. The molecule has 2 N–H and O–H groups in total. The molecule has 0 saturated heterocycles. The minimum absolute atomic E-state index is 0.101. The first kappa shape index (κ1) is 21.0. The largest absolute Gasteiger partial charge is 0.359 e. The maximum atomic E-state index is 12.9. The molecule has 162 valence electrons. The molecule has 0 fully saturated rings. The molecule has 8 heteroatoms. The number of hydrogen-bond acceptors (Lipinski definition) is 5. The van der Waals surface area contributed by atoms with Gasteiger partial charge in [-0.15, -0.1) is 0 Å². The predicted molar refractivity (Wildman–Crippen MR) is 123 cm³/mol. The minimum Gasteiger partial charge on any atom is -0.359 e. The van der Waals surface area contributed by atoms with E-state index in [4.69, 9.17) is 0 Å². The maximum Gasteiger partial charge on any atom is 0.257 e. The highest BCUT2D eigenvalue weighted by Gasteiger charge is 2.26. The SMILES string of the molecule is CN(C)C(=O)c1cccc(NC(=O)c2cnc3c(c2)N(Cc2ccccc2)C(=O)CN3)c1. The number of nitrogens with one attached hydrogen (secondary N) is 2. The van der Waals surface area contributed by atoms with Crippen molar-refractivity contribution in [3.8, 4) is 0 Å². The van der Waals surface area contributed by atoms with Gasteiger partial charge < -0.3 is 20.4 Å². The van der Waals surface area contributed by atoms with Gasteiger partial charge >= 0.3 is 0 Å². The van der Waals surface area contributed by atoms with Crippen molar-refractivity contribution >= 4 is 34.9 Å². The minimum atomic E-state index is -0.382. The number of nitrogens with zero attached hydrogens (tertiary/aromatic N) is 3. The molecule has 32 heavy (non-hydrogen) atoms. The highest BCUT2D eigenvalue weighted by molar-refractivity contribution is 6.08. The predicted octanol–water partition coefficient (Wildman–Crippen LogP) is 2.99. The second-order valence-corrected chi connectivity index (χ2v) is 7.65. The van der Waals surface area contributed by atoms with Gasteiger partial charge in [0, 0.05) is 31.5 Å². The Bertz CT molecular complexity index is 1180. The third kappa shape index (κ3) is 4.44. The van der Waals surface area contributed by atoms with Gasteiger partial charge in [0.15, 0.2) is 5.82 Å². The summed E-state index contributed by atoms with van der Waals surface area (Å²) in [6.45, 7) is 0.529. The normalized spacial score (nSPS) is 12.6. The fourth-order valence-electron chi connectivity index (χ4n) is 3.44. The first-order valence-electron chi connectivity index (χ1n) is 10.1. The number of hydrogen-bond donors (Lipinski definition) is 2. The lowest BCUT2D eigenvalue weighted by Gasteiger charge is -2.29. The van der Waals surface area contributed by atoms with Crippen LogP contribution in [-0.2, 0) is 11.3 Å². The molecule has 0 bridgehead atoms. The van der Waals surface area contributed by atoms with Gasteiger partial charge in [0.2, 0.25) is 5.91 Å². The standard InChI is InChI=1S/C24H23N5O3/c1-28(2)24(32)17-9-6-10-19(11-17)27-23(31)18-12-20-22(25-13-18)26-14-21(30)29(20)15-16-7-4-3-5-8-16/h3-13H,14-15H2,1-2H3,(H,25,26)(H,27,31). The first-order chi connectivity index (χ1) is 15.4. The molecule has 0 saturated carbocycles. The zero-order chi connectivity index (χ0) is 22.7. The Morgan fingerprint density at radius 1 is 1.06 bits per heavy atom. The number of amides is 3. The van der Waals surface area contributed by atoms with Crippen molar-refractivity contribution < 1.29 is 14.4 Å². The van der Waals surface area contributed by atoms with Crippen molar-refractivity contribution in [2.45, 2.75) is 6.54 Å². The molecule has 0 aliphatic carbocycles. The first-order valence-corrected chi connectivity index (χ1v) is 10.1. The van der Waals surface area contributed by atoms with Gasteiger partial charge in [-0.3, -0.25) is 14.4 Å². The fraction of sp³-hybridized carbons (Fsp3) is 0.167. The van der Waals surface area contributed by atoms with Crippen LogP contribution >= 0.6 is 0 Å². The number of anilines is 3. The van der Waals surface area contributed by atoms with Crippen molar-refractivity contribution in [1.82, 2.24) is 9.88 Å². The van der Waals surface area contributed by atoms with Crippen LogP contribution < -0.4 is 15.5 Å². The number of carbonyl (C=O) groups excluding carboxylic acids is 3. The van der Waals surface area contributed by atoms with Crippen LogP contribution in [0.15, 0.2) is 66.9 Å². The van der Waals surface area contributed by atoms with Crippen molar-refractivity contribution in [2.24, 2.45) is 0 Å². The lowest BCUT2D eigenvalue weighted by atomic mass is 10.1. The van der Waals surface area contributed by atoms with Gasteiger partial charge in [0.25, 0.3) is 11.8 Å². The van der Waals surface area contributed by atoms with Crippen molar-refractivity contribution in [1.29, 1.82) is 0 Å². The second-order valence-electron chi connectivity index (χ2n) is 7.65. The van der Waals surface area contributed by atoms with Gasteiger partial charge in [-0.25, -0.2) is 4.98 Å². The highest BCUT2D eigenvalue weighted by atomic mass is 16.2. The highest BCUT2D eigenvalue weighted by Crippen LogP contribution is 2.30. The Kier molecular flexibility index (Phi) is 5.85. The fourth-order valence-corrected chi connectivity index (χ4v) is 3.44. The molecule has 0 atom stereocenters. The number of fused-ring (bicyclic) bond motifs is 1. The molecule has 4 rings (SSSR count). The van der Waals surface area contributed by atoms with Crippen molar-refractivity contribution in [3.63, 3.8) is 0 Å². The average Bonchev–Trinajstić information content (AvgIpc) is 2.81. The summed E-state index contributed by atoms with van der Waals surface area (Å²) in [6.07, 6.45) is 1.46. The Morgan fingerprint density at radius 3 is 2.59 bits per heavy atom. The maximum absolute atomic E-state index is 12.9. The van der Waals surface area contributed by atoms with E-state index in [1.54, 1.807) is 49.3 Å². The van der Waals surface area contributed by atoms with E-state index in [-0.39, 0.29) is 24.3 Å². The van der Waals surface area contributed by atoms with Crippen LogP contribution in [-0.4, -0.2) is 48.2 Å². The van der Waals surface area contributed by atoms with E-state index in [0.29, 0.717) is 34.9 Å². The molecule has 0 radical (unpaired) electrons. The van der Waals surface area contributed by atoms with Gasteiger partial charge in [0.1, 0.15) is 0 Å². The lowest BCUT2D eigenvalue weighted by Crippen LogP contribution is -2.40. The van der Waals surface area contributed by atoms with Crippen LogP contribution in [0.3, 0.4) is 0 Å². The van der Waals surface area contributed by atoms with Crippen molar-refractivity contribution in [3.05, 3.63) is 83.6 Å². The summed E-state index contributed by atoms with van der Waals surface area (Å²) in [4.78, 5) is 45.1. The smallest absolute Gasteiger partial charge is 0.257 e. The molecule has 1 aliphatic rings. The second kappa shape index (κ2) is 8.89. The Morgan fingerprint density at radius 2 is 1.84 bits per heavy atom. The summed E-state index contributed by atoms with van der Waals surface area (Å²) < 4.78 is 0. The topological polar surface area (TPSA) is 94.6 Å². The van der Waals surface area contributed by atoms with E-state index in [9.17, 15) is 14.4 Å². The number of pyridine rings is 1. The van der Waals surface area contributed by atoms with E-state index in [1.165, 1.54) is 11.1 Å². The van der Waals surface area contributed by atoms with E-state index in [1.807, 2.05) is 30.3 Å². The molecule has 2 heterocycles. The van der Waals surface area contributed by atoms with Crippen molar-refractivity contribution in [2.75, 3.05) is 36.2 Å². The molecule has 0 unspecified atom stereocenters. The zero-order valence-corrected chi connectivity index (χ0v) is 17.8. The Labute approximate surface area is 185 Å². The van der Waals surface area contributed by atoms with Crippen LogP contribution in [0.25, 0.3) is 0 Å². The summed E-state index contributed by atoms with van der Waals surface area (Å²) in [5.41, 5.74) is 2.80. The van der Waals surface area contributed by atoms with E-state index < -0.39 is 0 Å². The van der Waals surface area contributed by atoms with Crippen LogP contribution in [0.4, 0.5) is 17.2 Å². The van der Waals surface area contributed by atoms with E-state index >= 15 is 0 Å². The third-order valence-corrected chi connectivity index (χ3v) is 5.09. The molecule has 3 amide bonds. The summed E-state index contributed by atoms with van der Waals surface area (Å²) in [5, 5.41) is 5.80. The summed E-state index contributed by atoms with van der Waals surface area (Å²) in [6, 6.07) is 18.0. The summed E-state index contributed by atoms with van der Waals surface area (Å²) in [5.74, 6) is -0.0867. The van der Waals surface area contributed by atoms with Gasteiger partial charge in [-0.1, -0.05) is 36.4 Å². The number of aromatic nitrogens is 1. The molecule has 8 nitrogen and oxygen atoms in total. The molecular weight excluding hydrogens is 406 g/mol. The zero-order valence-electron chi connectivity index (χ0n) is 17.8. The van der Waals surface area contributed by atoms with Gasteiger partial charge in [-0.2, -0.15) is 0 Å². The monoisotopic (exact) mass is 429 g/mol. The molecule has 2 aromatic carbocycles. The van der Waals surface area contributed by atoms with Gasteiger partial charge in [0.05, 0.1) is 24.3 Å². The number of rotatable bonds is 5. The lowest BCUT2D eigenvalue weighted by molar-refractivity contribution is -0.117.